The minimum atomic E-state index is -0.490. The van der Waals surface area contributed by atoms with Crippen molar-refractivity contribution in [1.82, 2.24) is 24.4 Å². The fourth-order valence-corrected chi connectivity index (χ4v) is 4.08. The highest BCUT2D eigenvalue weighted by molar-refractivity contribution is 5.78. The summed E-state index contributed by atoms with van der Waals surface area (Å²) < 4.78 is 2.06. The van der Waals surface area contributed by atoms with E-state index in [0.29, 0.717) is 25.4 Å². The summed E-state index contributed by atoms with van der Waals surface area (Å²) in [6, 6.07) is 5.93. The van der Waals surface area contributed by atoms with Gasteiger partial charge in [-0.05, 0) is 37.9 Å². The highest BCUT2D eigenvalue weighted by atomic mass is 16.3. The monoisotopic (exact) mass is 343 g/mol. The first-order valence-electron chi connectivity index (χ1n) is 9.18. The van der Waals surface area contributed by atoms with Crippen molar-refractivity contribution in [3.05, 3.63) is 30.2 Å². The Morgan fingerprint density at radius 2 is 2.12 bits per heavy atom. The molecule has 2 aromatic rings. The molecule has 0 radical (unpaired) electrons. The fraction of sp³-hybridized carbons (Fsp3) is 0.611. The lowest BCUT2D eigenvalue weighted by molar-refractivity contribution is -0.129. The first kappa shape index (κ1) is 16.5. The zero-order chi connectivity index (χ0) is 17.2. The molecule has 0 aliphatic carbocycles. The number of carbonyl (C=O) groups excluding carboxylic acids is 1. The van der Waals surface area contributed by atoms with E-state index in [1.54, 1.807) is 4.90 Å². The predicted octanol–water partition coefficient (Wildman–Crippen LogP) is 0.892. The molecule has 4 rings (SSSR count). The second-order valence-corrected chi connectivity index (χ2v) is 7.18. The third-order valence-corrected chi connectivity index (χ3v) is 5.28. The molecule has 2 aliphatic rings. The Kier molecular flexibility index (Phi) is 4.67. The van der Waals surface area contributed by atoms with Crippen LogP contribution in [0.25, 0.3) is 5.65 Å². The summed E-state index contributed by atoms with van der Waals surface area (Å²) in [7, 11) is 0. The molecule has 1 amide bonds. The molecule has 0 aromatic carbocycles. The molecule has 2 unspecified atom stereocenters. The highest BCUT2D eigenvalue weighted by Gasteiger charge is 2.28. The van der Waals surface area contributed by atoms with Gasteiger partial charge in [0, 0.05) is 44.7 Å². The molecule has 2 aromatic heterocycles. The molecular weight excluding hydrogens is 318 g/mol. The van der Waals surface area contributed by atoms with Gasteiger partial charge in [-0.2, -0.15) is 0 Å². The molecule has 1 N–H and O–H groups in total. The van der Waals surface area contributed by atoms with Crippen molar-refractivity contribution in [3.63, 3.8) is 0 Å². The number of aromatic nitrogens is 3. The van der Waals surface area contributed by atoms with Crippen LogP contribution < -0.4 is 0 Å². The van der Waals surface area contributed by atoms with E-state index in [2.05, 4.69) is 19.5 Å². The van der Waals surface area contributed by atoms with Crippen molar-refractivity contribution in [2.24, 2.45) is 0 Å². The number of hydrogen-bond acceptors (Lipinski definition) is 5. The Balaban J connectivity index is 1.38. The summed E-state index contributed by atoms with van der Waals surface area (Å²) in [5.41, 5.74) is 0.877. The first-order chi connectivity index (χ1) is 12.2. The molecule has 4 heterocycles. The minimum Gasteiger partial charge on any atom is -0.390 e. The zero-order valence-electron chi connectivity index (χ0n) is 14.4. The maximum Gasteiger partial charge on any atom is 0.222 e. The molecule has 0 saturated carbocycles. The molecule has 2 saturated heterocycles. The number of fused-ring (bicyclic) bond motifs is 1. The number of piperidine rings is 1. The summed E-state index contributed by atoms with van der Waals surface area (Å²) in [5, 5.41) is 19.1. The van der Waals surface area contributed by atoms with E-state index in [4.69, 9.17) is 0 Å². The van der Waals surface area contributed by atoms with Gasteiger partial charge in [0.1, 0.15) is 5.82 Å². The summed E-state index contributed by atoms with van der Waals surface area (Å²) >= 11 is 0. The fourth-order valence-electron chi connectivity index (χ4n) is 4.08. The van der Waals surface area contributed by atoms with Crippen LogP contribution in [0.15, 0.2) is 24.4 Å². The van der Waals surface area contributed by atoms with Crippen molar-refractivity contribution >= 4 is 11.6 Å². The van der Waals surface area contributed by atoms with Gasteiger partial charge in [-0.25, -0.2) is 0 Å². The number of aliphatic hydroxyl groups is 1. The van der Waals surface area contributed by atoms with Crippen molar-refractivity contribution in [3.8, 4) is 0 Å². The van der Waals surface area contributed by atoms with Gasteiger partial charge in [0.15, 0.2) is 5.65 Å². The zero-order valence-corrected chi connectivity index (χ0v) is 14.4. The summed E-state index contributed by atoms with van der Waals surface area (Å²) in [5.74, 6) is 1.50. The Labute approximate surface area is 147 Å². The molecule has 2 aliphatic heterocycles. The molecule has 2 fully saturated rings. The van der Waals surface area contributed by atoms with Gasteiger partial charge < -0.3 is 10.0 Å². The second kappa shape index (κ2) is 7.09. The van der Waals surface area contributed by atoms with Crippen LogP contribution in [0.1, 0.15) is 37.4 Å². The van der Waals surface area contributed by atoms with Crippen LogP contribution in [0.5, 0.6) is 0 Å². The van der Waals surface area contributed by atoms with E-state index in [9.17, 15) is 9.90 Å². The van der Waals surface area contributed by atoms with Gasteiger partial charge in [0.25, 0.3) is 0 Å². The van der Waals surface area contributed by atoms with Gasteiger partial charge >= 0.3 is 0 Å². The third kappa shape index (κ3) is 3.52. The third-order valence-electron chi connectivity index (χ3n) is 5.28. The van der Waals surface area contributed by atoms with E-state index in [0.717, 1.165) is 50.4 Å². The average Bonchev–Trinajstić information content (AvgIpc) is 3.22. The number of hydrogen-bond donors (Lipinski definition) is 1. The van der Waals surface area contributed by atoms with Gasteiger partial charge in [0.05, 0.1) is 6.10 Å². The van der Waals surface area contributed by atoms with E-state index in [1.807, 2.05) is 24.4 Å². The number of aliphatic hydroxyl groups excluding tert-OH is 1. The number of carbonyl (C=O) groups is 1. The predicted molar refractivity (Wildman–Crippen MR) is 93.2 cm³/mol. The van der Waals surface area contributed by atoms with E-state index >= 15 is 0 Å². The molecule has 134 valence electrons. The van der Waals surface area contributed by atoms with Crippen molar-refractivity contribution in [2.45, 2.75) is 37.7 Å². The van der Waals surface area contributed by atoms with Crippen LogP contribution >= 0.6 is 0 Å². The van der Waals surface area contributed by atoms with Gasteiger partial charge in [0.2, 0.25) is 5.91 Å². The Bertz CT molecular complexity index is 746. The largest absolute Gasteiger partial charge is 0.390 e. The number of nitrogens with zero attached hydrogens (tertiary/aromatic N) is 5. The number of amides is 1. The highest BCUT2D eigenvalue weighted by Crippen LogP contribution is 2.26. The van der Waals surface area contributed by atoms with Crippen LogP contribution in [0.3, 0.4) is 0 Å². The van der Waals surface area contributed by atoms with Crippen LogP contribution in [0.4, 0.5) is 0 Å². The quantitative estimate of drug-likeness (QED) is 0.873. The molecule has 25 heavy (non-hydrogen) atoms. The van der Waals surface area contributed by atoms with Crippen LogP contribution in [-0.4, -0.2) is 74.2 Å². The molecular formula is C18H25N5O2. The molecule has 2 atom stereocenters. The topological polar surface area (TPSA) is 74.0 Å². The number of likely N-dealkylation sites (tertiary alicyclic amines) is 2. The molecule has 0 bridgehead atoms. The maximum atomic E-state index is 11.7. The normalized spacial score (nSPS) is 23.5. The standard InChI is InChI=1S/C18H25N5O2/c24-15(13-22-9-4-7-17(22)25)12-21-8-3-5-14(11-21)18-20-19-16-6-1-2-10-23(16)18/h1-2,6,10,14-15,24H,3-5,7-9,11-13H2. The number of pyridine rings is 1. The Hall–Kier alpha value is -1.99. The average molecular weight is 343 g/mol. The second-order valence-electron chi connectivity index (χ2n) is 7.18. The first-order valence-corrected chi connectivity index (χ1v) is 9.18. The van der Waals surface area contributed by atoms with Crippen molar-refractivity contribution in [2.75, 3.05) is 32.7 Å². The molecule has 0 spiro atoms. The number of rotatable bonds is 5. The van der Waals surface area contributed by atoms with Crippen LogP contribution in [0, 0.1) is 0 Å². The Morgan fingerprint density at radius 3 is 2.96 bits per heavy atom. The molecule has 7 nitrogen and oxygen atoms in total. The lowest BCUT2D eigenvalue weighted by atomic mass is 9.97. The van der Waals surface area contributed by atoms with Crippen molar-refractivity contribution in [1.29, 1.82) is 0 Å². The van der Waals surface area contributed by atoms with Gasteiger partial charge in [-0.3, -0.25) is 14.1 Å². The van der Waals surface area contributed by atoms with Gasteiger partial charge in [-0.15, -0.1) is 10.2 Å². The van der Waals surface area contributed by atoms with Crippen LogP contribution in [0.2, 0.25) is 0 Å². The summed E-state index contributed by atoms with van der Waals surface area (Å²) in [4.78, 5) is 15.8. The number of β-amino-alcohol motifs (C(OH)–C–C–N with tert-alkyl or cyclic N) is 1. The molecule has 7 heteroatoms. The lowest BCUT2D eigenvalue weighted by Gasteiger charge is -2.33. The minimum absolute atomic E-state index is 0.172. The van der Waals surface area contributed by atoms with Gasteiger partial charge in [-0.1, -0.05) is 6.07 Å². The summed E-state index contributed by atoms with van der Waals surface area (Å²) in [6.07, 6.45) is 5.23. The SMILES string of the molecule is O=C1CCCN1CC(O)CN1CCCC(c2nnc3ccccn23)C1. The van der Waals surface area contributed by atoms with E-state index in [-0.39, 0.29) is 5.91 Å². The smallest absolute Gasteiger partial charge is 0.222 e. The summed E-state index contributed by atoms with van der Waals surface area (Å²) in [6.45, 7) is 3.70. The maximum absolute atomic E-state index is 11.7. The van der Waals surface area contributed by atoms with Crippen molar-refractivity contribution < 1.29 is 9.90 Å². The van der Waals surface area contributed by atoms with E-state index in [1.165, 1.54) is 0 Å². The van der Waals surface area contributed by atoms with E-state index < -0.39 is 6.10 Å². The Morgan fingerprint density at radius 1 is 1.20 bits per heavy atom. The van der Waals surface area contributed by atoms with Crippen LogP contribution in [-0.2, 0) is 4.79 Å². The lowest BCUT2D eigenvalue weighted by Crippen LogP contribution is -2.44.